The third-order valence-electron chi connectivity index (χ3n) is 7.45. The zero-order valence-corrected chi connectivity index (χ0v) is 25.0. The predicted octanol–water partition coefficient (Wildman–Crippen LogP) is -1.21. The smallest absolute Gasteiger partial charge is 0.344 e. The van der Waals surface area contributed by atoms with E-state index in [0.29, 0.717) is 6.42 Å². The van der Waals surface area contributed by atoms with Gasteiger partial charge in [0.2, 0.25) is 11.4 Å². The fourth-order valence-corrected chi connectivity index (χ4v) is 4.43. The molecule has 230 valence electrons. The fourth-order valence-electron chi connectivity index (χ4n) is 4.43. The Morgan fingerprint density at radius 3 is 1.68 bits per heavy atom. The number of aliphatic carboxylic acids is 1. The summed E-state index contributed by atoms with van der Waals surface area (Å²) in [5.41, 5.74) is -9.93. The average molecular weight is 574 g/mol. The van der Waals surface area contributed by atoms with E-state index in [-0.39, 0.29) is 18.3 Å². The third kappa shape index (κ3) is 8.30. The molecule has 13 heteroatoms. The molecular weight excluding hydrogens is 526 g/mol. The van der Waals surface area contributed by atoms with Gasteiger partial charge in [0.25, 0.3) is 0 Å². The quantitative estimate of drug-likeness (QED) is 0.0851. The largest absolute Gasteiger partial charge is 0.479 e. The molecule has 0 aromatic heterocycles. The van der Waals surface area contributed by atoms with E-state index in [9.17, 15) is 49.2 Å². The standard InChI is InChI=1S/C27H47N3O10/c1-10-15(4)20(30-9)18(31)12-27(40,24(36)37)23(35)26(39,21(33)16(5)28-7)13-19(32)25(6,38)22(34)17(29-8)11-14(2)3/h14-17,20,28-30,38-40H,10-13H2,1-9H3,(H,36,37)/t15?,16-,17-,20-,25?,26?,27?/m0/s1. The molecule has 0 spiro atoms. The maximum Gasteiger partial charge on any atom is 0.344 e. The highest BCUT2D eigenvalue weighted by Gasteiger charge is 2.61. The lowest BCUT2D eigenvalue weighted by Gasteiger charge is -2.35. The van der Waals surface area contributed by atoms with E-state index in [1.54, 1.807) is 27.7 Å². The third-order valence-corrected chi connectivity index (χ3v) is 7.45. The summed E-state index contributed by atoms with van der Waals surface area (Å²) < 4.78 is 0. The van der Waals surface area contributed by atoms with Gasteiger partial charge >= 0.3 is 5.97 Å². The lowest BCUT2D eigenvalue weighted by molar-refractivity contribution is -0.181. The molecule has 0 fully saturated rings. The number of carboxylic acids is 1. The Hall–Kier alpha value is -2.42. The number of Topliss-reactive ketones (excluding diaryl/α,β-unsaturated/α-hetero) is 5. The van der Waals surface area contributed by atoms with Crippen molar-refractivity contribution in [3.8, 4) is 0 Å². The van der Waals surface area contributed by atoms with E-state index in [1.807, 2.05) is 0 Å². The molecule has 0 aliphatic heterocycles. The Morgan fingerprint density at radius 1 is 0.775 bits per heavy atom. The van der Waals surface area contributed by atoms with Gasteiger partial charge in [0.15, 0.2) is 34.3 Å². The van der Waals surface area contributed by atoms with Crippen LogP contribution >= 0.6 is 0 Å². The van der Waals surface area contributed by atoms with Crippen LogP contribution in [0.3, 0.4) is 0 Å². The van der Waals surface area contributed by atoms with E-state index in [0.717, 1.165) is 6.92 Å². The molecule has 0 aliphatic rings. The van der Waals surface area contributed by atoms with Crippen molar-refractivity contribution in [1.82, 2.24) is 16.0 Å². The number of likely N-dealkylation sites (N-methyl/N-ethyl adjacent to an activating group) is 3. The maximum atomic E-state index is 13.6. The van der Waals surface area contributed by atoms with Crippen LogP contribution in [0.1, 0.15) is 67.2 Å². The molecular formula is C27H47N3O10. The van der Waals surface area contributed by atoms with Gasteiger partial charge in [0.1, 0.15) is 0 Å². The second kappa shape index (κ2) is 15.0. The molecule has 0 heterocycles. The van der Waals surface area contributed by atoms with Gasteiger partial charge in [-0.05, 0) is 53.2 Å². The van der Waals surface area contributed by atoms with Crippen molar-refractivity contribution < 1.29 is 49.2 Å². The zero-order valence-electron chi connectivity index (χ0n) is 25.0. The summed E-state index contributed by atoms with van der Waals surface area (Å²) >= 11 is 0. The molecule has 7 atom stereocenters. The second-order valence-corrected chi connectivity index (χ2v) is 11.0. The minimum absolute atomic E-state index is 0.0242. The summed E-state index contributed by atoms with van der Waals surface area (Å²) in [4.78, 5) is 78.3. The van der Waals surface area contributed by atoms with Crippen molar-refractivity contribution in [2.75, 3.05) is 21.1 Å². The highest BCUT2D eigenvalue weighted by molar-refractivity contribution is 6.25. The number of hydrogen-bond donors (Lipinski definition) is 7. The Balaban J connectivity index is 6.75. The van der Waals surface area contributed by atoms with Crippen molar-refractivity contribution in [2.45, 2.75) is 102 Å². The molecule has 13 nitrogen and oxygen atoms in total. The summed E-state index contributed by atoms with van der Waals surface area (Å²) in [5.74, 6) is -9.35. The summed E-state index contributed by atoms with van der Waals surface area (Å²) in [6.45, 7) is 9.11. The van der Waals surface area contributed by atoms with E-state index in [1.165, 1.54) is 28.1 Å². The minimum atomic E-state index is -3.61. The number of carbonyl (C=O) groups is 6. The monoisotopic (exact) mass is 573 g/mol. The van der Waals surface area contributed by atoms with Crippen LogP contribution in [0.15, 0.2) is 0 Å². The van der Waals surface area contributed by atoms with Gasteiger partial charge < -0.3 is 36.4 Å². The maximum absolute atomic E-state index is 13.6. The number of hydrogen-bond acceptors (Lipinski definition) is 12. The van der Waals surface area contributed by atoms with E-state index < -0.39 is 82.7 Å². The van der Waals surface area contributed by atoms with Crippen LogP contribution in [0.5, 0.6) is 0 Å². The number of nitrogens with one attached hydrogen (secondary N) is 3. The summed E-state index contributed by atoms with van der Waals surface area (Å²) in [5, 5.41) is 51.0. The van der Waals surface area contributed by atoms with Crippen LogP contribution in [0.2, 0.25) is 0 Å². The Bertz CT molecular complexity index is 966. The van der Waals surface area contributed by atoms with Gasteiger partial charge in [0.05, 0.1) is 31.0 Å². The zero-order chi connectivity index (χ0) is 31.8. The molecule has 0 aromatic carbocycles. The van der Waals surface area contributed by atoms with E-state index in [4.69, 9.17) is 0 Å². The van der Waals surface area contributed by atoms with Crippen molar-refractivity contribution in [3.63, 3.8) is 0 Å². The van der Waals surface area contributed by atoms with Crippen LogP contribution in [0.4, 0.5) is 0 Å². The summed E-state index contributed by atoms with van der Waals surface area (Å²) in [6.07, 6.45) is -2.14. The molecule has 40 heavy (non-hydrogen) atoms. The molecule has 0 amide bonds. The second-order valence-electron chi connectivity index (χ2n) is 11.0. The first kappa shape index (κ1) is 37.6. The van der Waals surface area contributed by atoms with Crippen molar-refractivity contribution in [3.05, 3.63) is 0 Å². The van der Waals surface area contributed by atoms with Crippen LogP contribution in [-0.4, -0.2) is 111 Å². The van der Waals surface area contributed by atoms with E-state index >= 15 is 0 Å². The molecule has 0 aliphatic carbocycles. The SMILES string of the molecule is CCC(C)[C@H](NC)C(=O)CC(O)(C(=O)O)C(=O)C(O)(CC(=O)C(C)(O)C(=O)[C@H](CC(C)C)NC)C(=O)[C@H](C)NC. The number of aliphatic hydroxyl groups is 3. The molecule has 0 bridgehead atoms. The Kier molecular flexibility index (Phi) is 14.1. The number of rotatable bonds is 20. The number of carbonyl (C=O) groups excluding carboxylic acids is 5. The predicted molar refractivity (Wildman–Crippen MR) is 146 cm³/mol. The van der Waals surface area contributed by atoms with Gasteiger partial charge in [-0.25, -0.2) is 4.79 Å². The molecule has 0 saturated carbocycles. The van der Waals surface area contributed by atoms with Gasteiger partial charge in [-0.3, -0.25) is 24.0 Å². The normalized spacial score (nSPS) is 19.3. The highest BCUT2D eigenvalue weighted by atomic mass is 16.4. The lowest BCUT2D eigenvalue weighted by Crippen LogP contribution is -2.66. The Labute approximate surface area is 235 Å². The minimum Gasteiger partial charge on any atom is -0.479 e. The molecule has 7 N–H and O–H groups in total. The van der Waals surface area contributed by atoms with Gasteiger partial charge in [0, 0.05) is 0 Å². The van der Waals surface area contributed by atoms with Crippen LogP contribution in [-0.2, 0) is 28.8 Å². The fraction of sp³-hybridized carbons (Fsp3) is 0.778. The lowest BCUT2D eigenvalue weighted by atomic mass is 9.72. The molecule has 4 unspecified atom stereocenters. The molecule has 0 saturated heterocycles. The van der Waals surface area contributed by atoms with E-state index in [2.05, 4.69) is 16.0 Å². The first-order valence-corrected chi connectivity index (χ1v) is 13.3. The highest BCUT2D eigenvalue weighted by Crippen LogP contribution is 2.30. The van der Waals surface area contributed by atoms with Crippen LogP contribution in [0.25, 0.3) is 0 Å². The van der Waals surface area contributed by atoms with Gasteiger partial charge in [-0.2, -0.15) is 0 Å². The molecule has 0 aromatic rings. The van der Waals surface area contributed by atoms with Crippen molar-refractivity contribution in [1.29, 1.82) is 0 Å². The van der Waals surface area contributed by atoms with Crippen LogP contribution < -0.4 is 16.0 Å². The molecule has 0 rings (SSSR count). The summed E-state index contributed by atoms with van der Waals surface area (Å²) in [6, 6.07) is -3.31. The van der Waals surface area contributed by atoms with Gasteiger partial charge in [-0.1, -0.05) is 34.1 Å². The topological polar surface area (TPSA) is 219 Å². The number of ketones is 5. The number of carboxylic acid groups (broad SMARTS) is 1. The van der Waals surface area contributed by atoms with Gasteiger partial charge in [-0.15, -0.1) is 0 Å². The van der Waals surface area contributed by atoms with Crippen LogP contribution in [0, 0.1) is 11.8 Å². The summed E-state index contributed by atoms with van der Waals surface area (Å²) in [7, 11) is 4.15. The van der Waals surface area contributed by atoms with Crippen molar-refractivity contribution in [2.24, 2.45) is 11.8 Å². The first-order chi connectivity index (χ1) is 18.2. The first-order valence-electron chi connectivity index (χ1n) is 13.3. The Morgan fingerprint density at radius 2 is 1.30 bits per heavy atom. The average Bonchev–Trinajstić information content (AvgIpc) is 2.89. The molecule has 0 radical (unpaired) electrons. The van der Waals surface area contributed by atoms with Crippen molar-refractivity contribution >= 4 is 34.9 Å².